The largest absolute Gasteiger partial charge is 0.322 e. The van der Waals surface area contributed by atoms with Crippen LogP contribution in [-0.2, 0) is 0 Å². The predicted molar refractivity (Wildman–Crippen MR) is 78.1 cm³/mol. The molecule has 0 heterocycles. The number of amides is 1. The molecule has 1 amide bonds. The lowest BCUT2D eigenvalue weighted by atomic mass is 10.0. The minimum Gasteiger partial charge on any atom is -0.322 e. The van der Waals surface area contributed by atoms with Gasteiger partial charge in [-0.2, -0.15) is 5.26 Å². The van der Waals surface area contributed by atoms with Gasteiger partial charge in [0.15, 0.2) is 0 Å². The fraction of sp³-hybridized carbons (Fsp3) is 0.176. The number of rotatable bonds is 3. The van der Waals surface area contributed by atoms with E-state index in [-0.39, 0.29) is 5.91 Å². The summed E-state index contributed by atoms with van der Waals surface area (Å²) >= 11 is 0. The molecule has 3 nitrogen and oxygen atoms in total. The Hall–Kier alpha value is -2.60. The highest BCUT2D eigenvalue weighted by Crippen LogP contribution is 2.21. The lowest BCUT2D eigenvalue weighted by Gasteiger charge is -2.23. The monoisotopic (exact) mass is 264 g/mol. The van der Waals surface area contributed by atoms with Gasteiger partial charge in [-0.25, -0.2) is 0 Å². The molecular weight excluding hydrogens is 248 g/mol. The van der Waals surface area contributed by atoms with E-state index in [1.54, 1.807) is 19.2 Å². The third-order valence-electron chi connectivity index (χ3n) is 3.24. The normalized spacial score (nSPS) is 11.4. The maximum atomic E-state index is 12.4. The van der Waals surface area contributed by atoms with Crippen LogP contribution in [0.5, 0.6) is 0 Å². The summed E-state index contributed by atoms with van der Waals surface area (Å²) in [6, 6.07) is 18.3. The van der Waals surface area contributed by atoms with E-state index in [9.17, 15) is 10.1 Å². The first-order valence-electron chi connectivity index (χ1n) is 6.42. The first-order chi connectivity index (χ1) is 9.63. The second-order valence-corrected chi connectivity index (χ2v) is 4.72. The van der Waals surface area contributed by atoms with Crippen molar-refractivity contribution in [3.8, 4) is 6.07 Å². The van der Waals surface area contributed by atoms with Gasteiger partial charge in [0.25, 0.3) is 5.91 Å². The first kappa shape index (κ1) is 13.8. The Bertz CT molecular complexity index is 626. The van der Waals surface area contributed by atoms with Crippen LogP contribution in [0.25, 0.3) is 0 Å². The Labute approximate surface area is 119 Å². The number of hydrogen-bond donors (Lipinski definition) is 0. The smallest absolute Gasteiger partial charge is 0.254 e. The zero-order valence-electron chi connectivity index (χ0n) is 11.6. The van der Waals surface area contributed by atoms with E-state index in [1.807, 2.05) is 49.4 Å². The fourth-order valence-electron chi connectivity index (χ4n) is 2.04. The number of hydrogen-bond acceptors (Lipinski definition) is 2. The number of aryl methyl sites for hydroxylation is 1. The summed E-state index contributed by atoms with van der Waals surface area (Å²) < 4.78 is 0. The molecule has 0 radical (unpaired) electrons. The van der Waals surface area contributed by atoms with Gasteiger partial charge in [0, 0.05) is 12.6 Å². The number of carbonyl (C=O) groups excluding carboxylic acids is 1. The van der Waals surface area contributed by atoms with Crippen LogP contribution in [0, 0.1) is 18.3 Å². The van der Waals surface area contributed by atoms with Crippen molar-refractivity contribution in [2.45, 2.75) is 13.0 Å². The predicted octanol–water partition coefficient (Wildman–Crippen LogP) is 3.33. The van der Waals surface area contributed by atoms with E-state index in [2.05, 4.69) is 6.07 Å². The molecule has 0 aromatic heterocycles. The third-order valence-corrected chi connectivity index (χ3v) is 3.24. The molecule has 0 N–H and O–H groups in total. The summed E-state index contributed by atoms with van der Waals surface area (Å²) in [5, 5.41) is 9.37. The van der Waals surface area contributed by atoms with E-state index in [4.69, 9.17) is 0 Å². The second-order valence-electron chi connectivity index (χ2n) is 4.72. The molecule has 0 saturated carbocycles. The number of nitriles is 1. The average Bonchev–Trinajstić information content (AvgIpc) is 2.50. The standard InChI is InChI=1S/C17H16N2O/c1-13-8-10-14(11-9-13)16(12-18)19(2)17(20)15-6-4-3-5-7-15/h3-11,16H,1-2H3. The summed E-state index contributed by atoms with van der Waals surface area (Å²) in [5.41, 5.74) is 2.54. The Kier molecular flexibility index (Phi) is 4.17. The first-order valence-corrected chi connectivity index (χ1v) is 6.42. The highest BCUT2D eigenvalue weighted by atomic mass is 16.2. The maximum absolute atomic E-state index is 12.4. The number of benzene rings is 2. The van der Waals surface area contributed by atoms with Crippen LogP contribution in [0.15, 0.2) is 54.6 Å². The molecule has 2 rings (SSSR count). The lowest BCUT2D eigenvalue weighted by molar-refractivity contribution is 0.0763. The fourth-order valence-corrected chi connectivity index (χ4v) is 2.04. The molecule has 0 saturated heterocycles. The van der Waals surface area contributed by atoms with Gasteiger partial charge in [0.1, 0.15) is 6.04 Å². The molecule has 100 valence electrons. The highest BCUT2D eigenvalue weighted by Gasteiger charge is 2.22. The van der Waals surface area contributed by atoms with Crippen molar-refractivity contribution in [3.63, 3.8) is 0 Å². The topological polar surface area (TPSA) is 44.1 Å². The summed E-state index contributed by atoms with van der Waals surface area (Å²) in [5.74, 6) is -0.155. The Morgan fingerprint density at radius 2 is 1.70 bits per heavy atom. The van der Waals surface area contributed by atoms with Crippen LogP contribution in [0.1, 0.15) is 27.5 Å². The van der Waals surface area contributed by atoms with Crippen molar-refractivity contribution in [2.75, 3.05) is 7.05 Å². The summed E-state index contributed by atoms with van der Waals surface area (Å²) in [4.78, 5) is 13.8. The van der Waals surface area contributed by atoms with Crippen LogP contribution in [-0.4, -0.2) is 17.9 Å². The summed E-state index contributed by atoms with van der Waals surface area (Å²) in [7, 11) is 1.66. The van der Waals surface area contributed by atoms with Crippen molar-refractivity contribution in [2.24, 2.45) is 0 Å². The third kappa shape index (κ3) is 2.86. The van der Waals surface area contributed by atoms with E-state index in [1.165, 1.54) is 4.90 Å². The van der Waals surface area contributed by atoms with Gasteiger partial charge < -0.3 is 4.90 Å². The number of carbonyl (C=O) groups is 1. The Morgan fingerprint density at radius 3 is 2.25 bits per heavy atom. The van der Waals surface area contributed by atoms with E-state index in [0.717, 1.165) is 11.1 Å². The molecule has 3 heteroatoms. The van der Waals surface area contributed by atoms with Gasteiger partial charge in [0.2, 0.25) is 0 Å². The van der Waals surface area contributed by atoms with Gasteiger partial charge in [-0.3, -0.25) is 4.79 Å². The Balaban J connectivity index is 2.26. The van der Waals surface area contributed by atoms with Crippen LogP contribution < -0.4 is 0 Å². The summed E-state index contributed by atoms with van der Waals surface area (Å²) in [6.07, 6.45) is 0. The molecule has 1 atom stereocenters. The van der Waals surface area contributed by atoms with Crippen molar-refractivity contribution in [1.82, 2.24) is 4.90 Å². The molecule has 0 aliphatic rings. The average molecular weight is 264 g/mol. The van der Waals surface area contributed by atoms with Gasteiger partial charge in [-0.1, -0.05) is 48.0 Å². The zero-order chi connectivity index (χ0) is 14.5. The Morgan fingerprint density at radius 1 is 1.10 bits per heavy atom. The van der Waals surface area contributed by atoms with Crippen LogP contribution >= 0.6 is 0 Å². The molecule has 0 fully saturated rings. The van der Waals surface area contributed by atoms with Gasteiger partial charge >= 0.3 is 0 Å². The van der Waals surface area contributed by atoms with E-state index < -0.39 is 6.04 Å². The van der Waals surface area contributed by atoms with Crippen LogP contribution in [0.4, 0.5) is 0 Å². The van der Waals surface area contributed by atoms with Gasteiger partial charge in [-0.15, -0.1) is 0 Å². The minimum absolute atomic E-state index is 0.155. The maximum Gasteiger partial charge on any atom is 0.254 e. The van der Waals surface area contributed by atoms with E-state index >= 15 is 0 Å². The van der Waals surface area contributed by atoms with Crippen molar-refractivity contribution in [1.29, 1.82) is 5.26 Å². The minimum atomic E-state index is -0.580. The molecule has 0 aliphatic heterocycles. The zero-order valence-corrected chi connectivity index (χ0v) is 11.6. The van der Waals surface area contributed by atoms with Crippen LogP contribution in [0.3, 0.4) is 0 Å². The molecule has 1 unspecified atom stereocenters. The SMILES string of the molecule is Cc1ccc(C(C#N)N(C)C(=O)c2ccccc2)cc1. The summed E-state index contributed by atoms with van der Waals surface area (Å²) in [6.45, 7) is 1.99. The van der Waals surface area contributed by atoms with Gasteiger partial charge in [0.05, 0.1) is 6.07 Å². The van der Waals surface area contributed by atoms with Crippen molar-refractivity contribution >= 4 is 5.91 Å². The molecule has 2 aromatic carbocycles. The molecule has 2 aromatic rings. The number of nitrogens with zero attached hydrogens (tertiary/aromatic N) is 2. The van der Waals surface area contributed by atoms with Crippen molar-refractivity contribution < 1.29 is 4.79 Å². The molecular formula is C17H16N2O. The highest BCUT2D eigenvalue weighted by molar-refractivity contribution is 5.94. The van der Waals surface area contributed by atoms with Crippen molar-refractivity contribution in [3.05, 3.63) is 71.3 Å². The second kappa shape index (κ2) is 6.03. The molecule has 0 bridgehead atoms. The molecule has 0 aliphatic carbocycles. The molecule has 0 spiro atoms. The van der Waals surface area contributed by atoms with Crippen LogP contribution in [0.2, 0.25) is 0 Å². The van der Waals surface area contributed by atoms with Gasteiger partial charge in [-0.05, 0) is 24.6 Å². The van der Waals surface area contributed by atoms with E-state index in [0.29, 0.717) is 5.56 Å². The quantitative estimate of drug-likeness (QED) is 0.853. The molecule has 20 heavy (non-hydrogen) atoms. The lowest BCUT2D eigenvalue weighted by Crippen LogP contribution is -2.30.